The van der Waals surface area contributed by atoms with Gasteiger partial charge in [-0.15, -0.1) is 11.8 Å². The number of rotatable bonds is 3. The van der Waals surface area contributed by atoms with Crippen molar-refractivity contribution in [1.29, 1.82) is 0 Å². The quantitative estimate of drug-likeness (QED) is 0.719. The fourth-order valence-electron chi connectivity index (χ4n) is 2.25. The number of carbonyl (C=O) groups is 3. The molecule has 0 fully saturated rings. The van der Waals surface area contributed by atoms with Gasteiger partial charge in [0.2, 0.25) is 11.8 Å². The molecule has 0 bridgehead atoms. The van der Waals surface area contributed by atoms with Gasteiger partial charge in [0.25, 0.3) is 5.91 Å². The van der Waals surface area contributed by atoms with Crippen LogP contribution in [0.25, 0.3) is 0 Å². The number of thioether (sulfide) groups is 1. The van der Waals surface area contributed by atoms with E-state index in [1.807, 2.05) is 24.3 Å². The molecule has 128 valence electrons. The van der Waals surface area contributed by atoms with Crippen molar-refractivity contribution in [2.24, 2.45) is 0 Å². The Morgan fingerprint density at radius 1 is 1.08 bits per heavy atom. The molecular weight excluding hydrogens is 362 g/mol. The molecule has 0 unspecified atom stereocenters. The van der Waals surface area contributed by atoms with Gasteiger partial charge in [-0.1, -0.05) is 23.7 Å². The number of hydrazine groups is 1. The van der Waals surface area contributed by atoms with Gasteiger partial charge in [-0.2, -0.15) is 0 Å². The van der Waals surface area contributed by atoms with Crippen molar-refractivity contribution in [3.05, 3.63) is 59.1 Å². The van der Waals surface area contributed by atoms with Gasteiger partial charge in [-0.3, -0.25) is 25.2 Å². The van der Waals surface area contributed by atoms with Crippen molar-refractivity contribution >= 4 is 46.8 Å². The van der Waals surface area contributed by atoms with E-state index in [-0.39, 0.29) is 12.3 Å². The van der Waals surface area contributed by atoms with Crippen LogP contribution in [0.5, 0.6) is 0 Å². The van der Waals surface area contributed by atoms with E-state index in [1.54, 1.807) is 24.3 Å². The second-order valence-corrected chi connectivity index (χ2v) is 6.99. The molecule has 2 aromatic rings. The molecule has 1 aliphatic rings. The highest BCUT2D eigenvalue weighted by atomic mass is 35.5. The lowest BCUT2D eigenvalue weighted by molar-refractivity contribution is -0.124. The van der Waals surface area contributed by atoms with E-state index in [9.17, 15) is 14.4 Å². The van der Waals surface area contributed by atoms with E-state index in [1.165, 1.54) is 11.8 Å². The highest BCUT2D eigenvalue weighted by Crippen LogP contribution is 2.36. The minimum absolute atomic E-state index is 0.0499. The predicted molar refractivity (Wildman–Crippen MR) is 96.4 cm³/mol. The molecule has 1 atom stereocenters. The van der Waals surface area contributed by atoms with Gasteiger partial charge in [-0.25, -0.2) is 0 Å². The lowest BCUT2D eigenvalue weighted by atomic mass is 10.2. The summed E-state index contributed by atoms with van der Waals surface area (Å²) in [6.45, 7) is 0. The van der Waals surface area contributed by atoms with Crippen LogP contribution in [0.4, 0.5) is 5.69 Å². The van der Waals surface area contributed by atoms with Crippen LogP contribution in [0.3, 0.4) is 0 Å². The molecule has 6 nitrogen and oxygen atoms in total. The van der Waals surface area contributed by atoms with Crippen molar-refractivity contribution in [3.8, 4) is 0 Å². The van der Waals surface area contributed by atoms with Crippen LogP contribution in [-0.4, -0.2) is 23.0 Å². The Balaban J connectivity index is 1.53. The molecule has 2 aromatic carbocycles. The van der Waals surface area contributed by atoms with Gasteiger partial charge in [0.05, 0.1) is 10.9 Å². The van der Waals surface area contributed by atoms with Crippen LogP contribution in [0, 0.1) is 0 Å². The Hall–Kier alpha value is -2.51. The molecule has 1 heterocycles. The van der Waals surface area contributed by atoms with E-state index < -0.39 is 17.1 Å². The minimum atomic E-state index is -0.553. The molecule has 0 spiro atoms. The summed E-state index contributed by atoms with van der Waals surface area (Å²) in [5.74, 6) is -1.15. The average Bonchev–Trinajstić information content (AvgIpc) is 2.61. The molecule has 0 aromatic heterocycles. The third kappa shape index (κ3) is 4.32. The van der Waals surface area contributed by atoms with Crippen molar-refractivity contribution in [2.75, 3.05) is 5.32 Å². The Kier molecular flexibility index (Phi) is 5.25. The lowest BCUT2D eigenvalue weighted by Gasteiger charge is -2.23. The fourth-order valence-corrected chi connectivity index (χ4v) is 3.48. The minimum Gasteiger partial charge on any atom is -0.324 e. The maximum atomic E-state index is 12.1. The number of anilines is 1. The SMILES string of the molecule is O=C(C[C@@H]1Sc2ccccc2NC1=O)NNC(=O)c1ccc(Cl)cc1. The van der Waals surface area contributed by atoms with Gasteiger partial charge < -0.3 is 5.32 Å². The highest BCUT2D eigenvalue weighted by molar-refractivity contribution is 8.01. The Morgan fingerprint density at radius 2 is 1.80 bits per heavy atom. The zero-order chi connectivity index (χ0) is 17.8. The first kappa shape index (κ1) is 17.3. The number of carbonyl (C=O) groups excluding carboxylic acids is 3. The maximum absolute atomic E-state index is 12.1. The van der Waals surface area contributed by atoms with E-state index in [2.05, 4.69) is 16.2 Å². The summed E-state index contributed by atoms with van der Waals surface area (Å²) in [6, 6.07) is 13.6. The summed E-state index contributed by atoms with van der Waals surface area (Å²) >= 11 is 7.09. The summed E-state index contributed by atoms with van der Waals surface area (Å²) in [7, 11) is 0. The number of benzene rings is 2. The normalized spacial score (nSPS) is 15.7. The van der Waals surface area contributed by atoms with E-state index >= 15 is 0 Å². The lowest BCUT2D eigenvalue weighted by Crippen LogP contribution is -2.44. The molecule has 3 N–H and O–H groups in total. The Labute approximate surface area is 153 Å². The van der Waals surface area contributed by atoms with Gasteiger partial charge in [0.1, 0.15) is 0 Å². The summed E-state index contributed by atoms with van der Waals surface area (Å²) in [5, 5.41) is 2.73. The Morgan fingerprint density at radius 3 is 2.56 bits per heavy atom. The van der Waals surface area contributed by atoms with Gasteiger partial charge in [0.15, 0.2) is 0 Å². The first-order valence-corrected chi connectivity index (χ1v) is 8.70. The van der Waals surface area contributed by atoms with Crippen LogP contribution < -0.4 is 16.2 Å². The number of halogens is 1. The molecule has 1 aliphatic heterocycles. The standard InChI is InChI=1S/C17H14ClN3O3S/c18-11-7-5-10(6-8-11)16(23)21-20-15(22)9-14-17(24)19-12-3-1-2-4-13(12)25-14/h1-8,14H,9H2,(H,19,24)(H,20,22)(H,21,23)/t14-/m0/s1. The second-order valence-electron chi connectivity index (χ2n) is 5.31. The smallest absolute Gasteiger partial charge is 0.269 e. The largest absolute Gasteiger partial charge is 0.324 e. The predicted octanol–water partition coefficient (Wildman–Crippen LogP) is 2.60. The third-order valence-electron chi connectivity index (χ3n) is 3.50. The molecule has 3 amide bonds. The maximum Gasteiger partial charge on any atom is 0.269 e. The topological polar surface area (TPSA) is 87.3 Å². The summed E-state index contributed by atoms with van der Waals surface area (Å²) in [6.07, 6.45) is -0.0499. The third-order valence-corrected chi connectivity index (χ3v) is 5.03. The summed E-state index contributed by atoms with van der Waals surface area (Å²) < 4.78 is 0. The van der Waals surface area contributed by atoms with Gasteiger partial charge >= 0.3 is 0 Å². The van der Waals surface area contributed by atoms with Gasteiger partial charge in [-0.05, 0) is 36.4 Å². The number of amides is 3. The zero-order valence-corrected chi connectivity index (χ0v) is 14.5. The van der Waals surface area contributed by atoms with Crippen LogP contribution in [0.2, 0.25) is 5.02 Å². The fraction of sp³-hybridized carbons (Fsp3) is 0.118. The van der Waals surface area contributed by atoms with Crippen molar-refractivity contribution in [3.63, 3.8) is 0 Å². The average molecular weight is 376 g/mol. The van der Waals surface area contributed by atoms with Crippen molar-refractivity contribution < 1.29 is 14.4 Å². The highest BCUT2D eigenvalue weighted by Gasteiger charge is 2.28. The monoisotopic (exact) mass is 375 g/mol. The Bertz CT molecular complexity index is 826. The zero-order valence-electron chi connectivity index (χ0n) is 12.9. The van der Waals surface area contributed by atoms with Crippen molar-refractivity contribution in [2.45, 2.75) is 16.6 Å². The van der Waals surface area contributed by atoms with Crippen LogP contribution in [0.1, 0.15) is 16.8 Å². The molecule has 3 rings (SSSR count). The van der Waals surface area contributed by atoms with Crippen LogP contribution in [-0.2, 0) is 9.59 Å². The van der Waals surface area contributed by atoms with Crippen LogP contribution >= 0.6 is 23.4 Å². The van der Waals surface area contributed by atoms with E-state index in [0.717, 1.165) is 10.6 Å². The molecule has 0 radical (unpaired) electrons. The van der Waals surface area contributed by atoms with Gasteiger partial charge in [0, 0.05) is 21.9 Å². The molecular formula is C17H14ClN3O3S. The number of fused-ring (bicyclic) bond motifs is 1. The number of nitrogens with one attached hydrogen (secondary N) is 3. The van der Waals surface area contributed by atoms with E-state index in [4.69, 9.17) is 11.6 Å². The first-order chi connectivity index (χ1) is 12.0. The van der Waals surface area contributed by atoms with Crippen molar-refractivity contribution in [1.82, 2.24) is 10.9 Å². The van der Waals surface area contributed by atoms with Crippen LogP contribution in [0.15, 0.2) is 53.4 Å². The summed E-state index contributed by atoms with van der Waals surface area (Å²) in [4.78, 5) is 36.9. The molecule has 0 saturated heterocycles. The second kappa shape index (κ2) is 7.58. The summed E-state index contributed by atoms with van der Waals surface area (Å²) in [5.41, 5.74) is 5.75. The molecule has 0 saturated carbocycles. The molecule has 0 aliphatic carbocycles. The molecule has 8 heteroatoms. The number of para-hydroxylation sites is 1. The number of hydrogen-bond acceptors (Lipinski definition) is 4. The first-order valence-electron chi connectivity index (χ1n) is 7.44. The van der Waals surface area contributed by atoms with E-state index in [0.29, 0.717) is 10.6 Å². The number of hydrogen-bond donors (Lipinski definition) is 3. The molecule has 25 heavy (non-hydrogen) atoms.